The molecule has 1 atom stereocenters. The number of furan rings is 1. The maximum atomic E-state index is 12.3. The molecule has 2 aromatic rings. The molecule has 1 aliphatic heterocycles. The fourth-order valence-electron chi connectivity index (χ4n) is 2.75. The van der Waals surface area contributed by atoms with Crippen molar-refractivity contribution in [2.75, 3.05) is 18.0 Å². The van der Waals surface area contributed by atoms with Crippen molar-refractivity contribution in [3.63, 3.8) is 0 Å². The molecule has 1 aliphatic rings. The van der Waals surface area contributed by atoms with E-state index in [4.69, 9.17) is 9.15 Å². The minimum absolute atomic E-state index is 0.0945. The highest BCUT2D eigenvalue weighted by atomic mass is 16.5. The lowest BCUT2D eigenvalue weighted by Crippen LogP contribution is -2.39. The SMILES string of the molecule is Cc1occc1COC(=O)C1CCCN(c2ccccn2)C1. The Hall–Kier alpha value is -2.30. The molecule has 0 spiro atoms. The molecule has 0 amide bonds. The molecule has 0 aliphatic carbocycles. The summed E-state index contributed by atoms with van der Waals surface area (Å²) in [6.07, 6.45) is 5.23. The number of nitrogens with zero attached hydrogens (tertiary/aromatic N) is 2. The molecular formula is C17H20N2O3. The number of ether oxygens (including phenoxy) is 1. The number of carbonyl (C=O) groups excluding carboxylic acids is 1. The summed E-state index contributed by atoms with van der Waals surface area (Å²) in [5.41, 5.74) is 0.922. The standard InChI is InChI=1S/C17H20N2O3/c1-13-15(7-10-21-13)12-22-17(20)14-5-4-9-19(11-14)16-6-2-3-8-18-16/h2-3,6-8,10,14H,4-5,9,11-12H2,1H3. The topological polar surface area (TPSA) is 55.6 Å². The summed E-state index contributed by atoms with van der Waals surface area (Å²) in [5, 5.41) is 0. The zero-order valence-electron chi connectivity index (χ0n) is 12.7. The number of hydrogen-bond acceptors (Lipinski definition) is 5. The highest BCUT2D eigenvalue weighted by Gasteiger charge is 2.27. The molecule has 5 nitrogen and oxygen atoms in total. The molecule has 2 aromatic heterocycles. The Bertz CT molecular complexity index is 624. The molecule has 0 N–H and O–H groups in total. The monoisotopic (exact) mass is 300 g/mol. The van der Waals surface area contributed by atoms with E-state index in [-0.39, 0.29) is 18.5 Å². The van der Waals surface area contributed by atoms with Gasteiger partial charge < -0.3 is 14.1 Å². The highest BCUT2D eigenvalue weighted by Crippen LogP contribution is 2.23. The van der Waals surface area contributed by atoms with E-state index in [1.54, 1.807) is 12.5 Å². The average Bonchev–Trinajstić information content (AvgIpc) is 2.99. The van der Waals surface area contributed by atoms with Crippen LogP contribution in [-0.2, 0) is 16.1 Å². The summed E-state index contributed by atoms with van der Waals surface area (Å²) in [5.74, 6) is 1.49. The van der Waals surface area contributed by atoms with Crippen LogP contribution in [0.5, 0.6) is 0 Å². The smallest absolute Gasteiger partial charge is 0.311 e. The molecule has 3 rings (SSSR count). The number of aromatic nitrogens is 1. The van der Waals surface area contributed by atoms with Crippen molar-refractivity contribution in [1.82, 2.24) is 4.98 Å². The van der Waals surface area contributed by atoms with Gasteiger partial charge in [-0.15, -0.1) is 0 Å². The van der Waals surface area contributed by atoms with Crippen molar-refractivity contribution in [2.45, 2.75) is 26.4 Å². The summed E-state index contributed by atoms with van der Waals surface area (Å²) in [7, 11) is 0. The maximum Gasteiger partial charge on any atom is 0.311 e. The molecule has 5 heteroatoms. The second-order valence-corrected chi connectivity index (χ2v) is 5.58. The number of carbonyl (C=O) groups is 1. The number of rotatable bonds is 4. The Morgan fingerprint density at radius 2 is 2.36 bits per heavy atom. The first kappa shape index (κ1) is 14.6. The van der Waals surface area contributed by atoms with Crippen LogP contribution in [0.15, 0.2) is 41.1 Å². The summed E-state index contributed by atoms with van der Waals surface area (Å²) in [4.78, 5) is 18.8. The summed E-state index contributed by atoms with van der Waals surface area (Å²) >= 11 is 0. The van der Waals surface area contributed by atoms with E-state index < -0.39 is 0 Å². The lowest BCUT2D eigenvalue weighted by molar-refractivity contribution is -0.150. The fourth-order valence-corrected chi connectivity index (χ4v) is 2.75. The van der Waals surface area contributed by atoms with Crippen molar-refractivity contribution in [1.29, 1.82) is 0 Å². The van der Waals surface area contributed by atoms with Gasteiger partial charge in [-0.05, 0) is 38.0 Å². The molecule has 116 valence electrons. The molecule has 22 heavy (non-hydrogen) atoms. The Kier molecular flexibility index (Phi) is 4.42. The van der Waals surface area contributed by atoms with Crippen LogP contribution in [0.3, 0.4) is 0 Å². The van der Waals surface area contributed by atoms with Gasteiger partial charge in [0.1, 0.15) is 18.2 Å². The summed E-state index contributed by atoms with van der Waals surface area (Å²) in [6, 6.07) is 7.67. The molecule has 1 saturated heterocycles. The van der Waals surface area contributed by atoms with E-state index in [2.05, 4.69) is 9.88 Å². The van der Waals surface area contributed by atoms with Gasteiger partial charge in [0.25, 0.3) is 0 Å². The van der Waals surface area contributed by atoms with Crippen LogP contribution >= 0.6 is 0 Å². The molecule has 1 unspecified atom stereocenters. The minimum Gasteiger partial charge on any atom is -0.469 e. The first-order valence-corrected chi connectivity index (χ1v) is 7.59. The van der Waals surface area contributed by atoms with E-state index in [1.807, 2.05) is 31.2 Å². The third-order valence-electron chi connectivity index (χ3n) is 4.06. The Labute approximate surface area is 129 Å². The number of piperidine rings is 1. The largest absolute Gasteiger partial charge is 0.469 e. The van der Waals surface area contributed by atoms with Gasteiger partial charge in [0, 0.05) is 24.8 Å². The number of aryl methyl sites for hydroxylation is 1. The second-order valence-electron chi connectivity index (χ2n) is 5.58. The van der Waals surface area contributed by atoms with Gasteiger partial charge in [-0.25, -0.2) is 4.98 Å². The fraction of sp³-hybridized carbons (Fsp3) is 0.412. The number of anilines is 1. The van der Waals surface area contributed by atoms with E-state index in [1.165, 1.54) is 0 Å². The van der Waals surface area contributed by atoms with Gasteiger partial charge in [-0.2, -0.15) is 0 Å². The molecule has 0 aromatic carbocycles. The van der Waals surface area contributed by atoms with E-state index in [0.29, 0.717) is 6.54 Å². The predicted octanol–water partition coefficient (Wildman–Crippen LogP) is 2.94. The summed E-state index contributed by atoms with van der Waals surface area (Å²) < 4.78 is 10.7. The van der Waals surface area contributed by atoms with Gasteiger partial charge in [0.05, 0.1) is 12.2 Å². The zero-order chi connectivity index (χ0) is 15.4. The zero-order valence-corrected chi connectivity index (χ0v) is 12.7. The van der Waals surface area contributed by atoms with Crippen molar-refractivity contribution in [3.8, 4) is 0 Å². The van der Waals surface area contributed by atoms with Gasteiger partial charge in [-0.3, -0.25) is 4.79 Å². The average molecular weight is 300 g/mol. The van der Waals surface area contributed by atoms with E-state index >= 15 is 0 Å². The van der Waals surface area contributed by atoms with Crippen LogP contribution in [0.4, 0.5) is 5.82 Å². The minimum atomic E-state index is -0.138. The number of pyridine rings is 1. The van der Waals surface area contributed by atoms with Gasteiger partial charge in [-0.1, -0.05) is 6.07 Å². The van der Waals surface area contributed by atoms with Gasteiger partial charge >= 0.3 is 5.97 Å². The summed E-state index contributed by atoms with van der Waals surface area (Å²) in [6.45, 7) is 3.75. The van der Waals surface area contributed by atoms with Crippen LogP contribution in [0.1, 0.15) is 24.2 Å². The third-order valence-corrected chi connectivity index (χ3v) is 4.06. The Morgan fingerprint density at radius 3 is 3.09 bits per heavy atom. The first-order valence-electron chi connectivity index (χ1n) is 7.59. The highest BCUT2D eigenvalue weighted by molar-refractivity contribution is 5.73. The molecule has 0 bridgehead atoms. The number of esters is 1. The van der Waals surface area contributed by atoms with E-state index in [0.717, 1.165) is 36.5 Å². The predicted molar refractivity (Wildman–Crippen MR) is 82.4 cm³/mol. The Balaban J connectivity index is 1.57. The van der Waals surface area contributed by atoms with Gasteiger partial charge in [0.2, 0.25) is 0 Å². The molecular weight excluding hydrogens is 280 g/mol. The van der Waals surface area contributed by atoms with Crippen LogP contribution in [0.25, 0.3) is 0 Å². The quantitative estimate of drug-likeness (QED) is 0.813. The second kappa shape index (κ2) is 6.64. The first-order chi connectivity index (χ1) is 10.7. The van der Waals surface area contributed by atoms with Crippen molar-refractivity contribution in [2.24, 2.45) is 5.92 Å². The maximum absolute atomic E-state index is 12.3. The van der Waals surface area contributed by atoms with Crippen LogP contribution < -0.4 is 4.90 Å². The molecule has 0 radical (unpaired) electrons. The molecule has 0 saturated carbocycles. The molecule has 3 heterocycles. The van der Waals surface area contributed by atoms with Gasteiger partial charge in [0.15, 0.2) is 0 Å². The number of hydrogen-bond donors (Lipinski definition) is 0. The van der Waals surface area contributed by atoms with Crippen LogP contribution in [0.2, 0.25) is 0 Å². The molecule has 1 fully saturated rings. The van der Waals surface area contributed by atoms with Crippen molar-refractivity contribution < 1.29 is 13.9 Å². The Morgan fingerprint density at radius 1 is 1.45 bits per heavy atom. The lowest BCUT2D eigenvalue weighted by atomic mass is 9.98. The van der Waals surface area contributed by atoms with E-state index in [9.17, 15) is 4.79 Å². The lowest BCUT2D eigenvalue weighted by Gasteiger charge is -2.32. The van der Waals surface area contributed by atoms with Crippen LogP contribution in [0, 0.1) is 12.8 Å². The van der Waals surface area contributed by atoms with Crippen LogP contribution in [-0.4, -0.2) is 24.0 Å². The van der Waals surface area contributed by atoms with Crippen molar-refractivity contribution >= 4 is 11.8 Å². The van der Waals surface area contributed by atoms with Crippen molar-refractivity contribution in [3.05, 3.63) is 48.0 Å². The third kappa shape index (κ3) is 3.30. The normalized spacial score (nSPS) is 18.2.